The van der Waals surface area contributed by atoms with Crippen LogP contribution in [0, 0.1) is 5.92 Å². The number of aromatic nitrogens is 6. The fourth-order valence-electron chi connectivity index (χ4n) is 6.47. The number of aromatic amines is 2. The molecule has 12 heteroatoms. The van der Waals surface area contributed by atoms with E-state index in [2.05, 4.69) is 77.7 Å². The highest BCUT2D eigenvalue weighted by Gasteiger charge is 2.47. The number of aliphatic hydroxyl groups excluding tert-OH is 2. The first-order valence-corrected chi connectivity index (χ1v) is 14.9. The van der Waals surface area contributed by atoms with Gasteiger partial charge in [0.2, 0.25) is 0 Å². The molecular formula is C30H42N8O4. The third-order valence-corrected chi connectivity index (χ3v) is 9.05. The Kier molecular flexibility index (Phi) is 7.37. The van der Waals surface area contributed by atoms with Crippen molar-refractivity contribution in [2.24, 2.45) is 5.92 Å². The summed E-state index contributed by atoms with van der Waals surface area (Å²) in [5, 5.41) is 21.8. The van der Waals surface area contributed by atoms with Crippen LogP contribution in [0.25, 0.3) is 22.2 Å². The lowest BCUT2D eigenvalue weighted by molar-refractivity contribution is -0.0630. The van der Waals surface area contributed by atoms with Gasteiger partial charge in [-0.2, -0.15) is 0 Å². The number of anilines is 1. The maximum Gasteiger partial charge on any atom is 0.330 e. The molecule has 4 unspecified atom stereocenters. The minimum atomic E-state index is -1.30. The second-order valence-electron chi connectivity index (χ2n) is 13.3. The first-order chi connectivity index (χ1) is 19.9. The number of H-pyrrole nitrogens is 2. The quantitative estimate of drug-likeness (QED) is 0.211. The molecule has 4 heterocycles. The van der Waals surface area contributed by atoms with Gasteiger partial charge in [-0.25, -0.2) is 24.3 Å². The lowest BCUT2D eigenvalue weighted by Gasteiger charge is -2.46. The van der Waals surface area contributed by atoms with Gasteiger partial charge >= 0.3 is 5.69 Å². The van der Waals surface area contributed by atoms with E-state index in [4.69, 9.17) is 15.5 Å². The largest absolute Gasteiger partial charge is 0.387 e. The highest BCUT2D eigenvalue weighted by Crippen LogP contribution is 2.38. The summed E-state index contributed by atoms with van der Waals surface area (Å²) in [6.07, 6.45) is 1.11. The topological polar surface area (TPSA) is 171 Å². The molecule has 6 N–H and O–H groups in total. The molecule has 6 rings (SSSR count). The van der Waals surface area contributed by atoms with Crippen LogP contribution in [0.4, 0.5) is 5.82 Å². The molecule has 0 amide bonds. The SMILES string of the molecule is CC(C)N(CC1OC(n2c(=O)[nH]c3c(N)ncnc32)C(O)C1O)C1CC(CCc2nc3ccc(C(C)(C)C)cc3[nH]2)C1. The Morgan fingerprint density at radius 2 is 1.93 bits per heavy atom. The van der Waals surface area contributed by atoms with Crippen molar-refractivity contribution in [3.8, 4) is 0 Å². The standard InChI is InChI=1S/C30H42N8O4/c1-15(2)37(13-21-24(39)25(40)28(42-21)38-27-23(36-29(38)41)26(31)32-14-33-27)18-10-16(11-18)6-9-22-34-19-8-7-17(30(3,4)5)12-20(19)35-22/h7-8,12,14-16,18,21,24-25,28,39-40H,6,9-11,13H2,1-5H3,(H,34,35)(H,36,41)(H2,31,32,33). The lowest BCUT2D eigenvalue weighted by Crippen LogP contribution is -2.52. The molecule has 1 aromatic carbocycles. The van der Waals surface area contributed by atoms with Crippen molar-refractivity contribution in [3.05, 3.63) is 46.4 Å². The Morgan fingerprint density at radius 1 is 1.17 bits per heavy atom. The van der Waals surface area contributed by atoms with Crippen LogP contribution < -0.4 is 11.4 Å². The fourth-order valence-corrected chi connectivity index (χ4v) is 6.47. The van der Waals surface area contributed by atoms with Gasteiger partial charge in [0.15, 0.2) is 17.7 Å². The number of fused-ring (bicyclic) bond motifs is 2. The van der Waals surface area contributed by atoms with E-state index in [0.717, 1.165) is 42.5 Å². The summed E-state index contributed by atoms with van der Waals surface area (Å²) >= 11 is 0. The highest BCUT2D eigenvalue weighted by atomic mass is 16.6. The maximum atomic E-state index is 12.7. The Balaban J connectivity index is 1.07. The molecule has 1 aliphatic carbocycles. The average Bonchev–Trinajstić information content (AvgIpc) is 3.55. The van der Waals surface area contributed by atoms with Crippen molar-refractivity contribution in [2.45, 2.75) is 102 Å². The number of aliphatic hydroxyl groups is 2. The van der Waals surface area contributed by atoms with Crippen molar-refractivity contribution in [1.29, 1.82) is 0 Å². The number of nitrogens with zero attached hydrogens (tertiary/aromatic N) is 5. The van der Waals surface area contributed by atoms with Crippen molar-refractivity contribution < 1.29 is 14.9 Å². The van der Waals surface area contributed by atoms with E-state index < -0.39 is 30.2 Å². The number of hydrogen-bond acceptors (Lipinski definition) is 9. The van der Waals surface area contributed by atoms with E-state index in [1.54, 1.807) is 0 Å². The number of nitrogen functional groups attached to an aromatic ring is 1. The Morgan fingerprint density at radius 3 is 2.64 bits per heavy atom. The van der Waals surface area contributed by atoms with Crippen LogP contribution in [-0.4, -0.2) is 81.5 Å². The molecule has 0 radical (unpaired) electrons. The van der Waals surface area contributed by atoms with Crippen molar-refractivity contribution in [3.63, 3.8) is 0 Å². The van der Waals surface area contributed by atoms with E-state index >= 15 is 0 Å². The molecule has 3 aromatic heterocycles. The summed E-state index contributed by atoms with van der Waals surface area (Å²) in [6, 6.07) is 7.06. The van der Waals surface area contributed by atoms with Gasteiger partial charge in [-0.05, 0) is 62.1 Å². The fraction of sp³-hybridized carbons (Fsp3) is 0.600. The van der Waals surface area contributed by atoms with E-state index in [0.29, 0.717) is 18.5 Å². The molecule has 1 aliphatic heterocycles. The Bertz CT molecular complexity index is 1630. The molecule has 4 atom stereocenters. The van der Waals surface area contributed by atoms with Crippen LogP contribution in [-0.2, 0) is 16.6 Å². The monoisotopic (exact) mass is 578 g/mol. The van der Waals surface area contributed by atoms with E-state index in [1.165, 1.54) is 16.5 Å². The predicted molar refractivity (Wildman–Crippen MR) is 160 cm³/mol. The second-order valence-corrected chi connectivity index (χ2v) is 13.3. The summed E-state index contributed by atoms with van der Waals surface area (Å²) in [5.41, 5.74) is 9.35. The van der Waals surface area contributed by atoms with Crippen LogP contribution in [0.1, 0.15) is 71.5 Å². The summed E-state index contributed by atoms with van der Waals surface area (Å²) in [6.45, 7) is 11.4. The van der Waals surface area contributed by atoms with Gasteiger partial charge in [-0.3, -0.25) is 4.90 Å². The van der Waals surface area contributed by atoms with Crippen molar-refractivity contribution >= 4 is 28.0 Å². The summed E-state index contributed by atoms with van der Waals surface area (Å²) in [7, 11) is 0. The van der Waals surface area contributed by atoms with Crippen LogP contribution in [0.3, 0.4) is 0 Å². The molecule has 2 fully saturated rings. The predicted octanol–water partition coefficient (Wildman–Crippen LogP) is 2.62. The first-order valence-electron chi connectivity index (χ1n) is 14.9. The molecule has 12 nitrogen and oxygen atoms in total. The molecule has 1 saturated carbocycles. The Labute approximate surface area is 244 Å². The molecular weight excluding hydrogens is 536 g/mol. The molecule has 226 valence electrons. The van der Waals surface area contributed by atoms with E-state index in [1.807, 2.05) is 0 Å². The normalized spacial score (nSPS) is 26.6. The van der Waals surface area contributed by atoms with Gasteiger partial charge in [-0.15, -0.1) is 0 Å². The number of nitrogens with two attached hydrogens (primary N) is 1. The molecule has 1 saturated heterocycles. The number of ether oxygens (including phenoxy) is 1. The third kappa shape index (κ3) is 5.21. The third-order valence-electron chi connectivity index (χ3n) is 9.05. The van der Waals surface area contributed by atoms with Gasteiger partial charge in [0, 0.05) is 25.0 Å². The van der Waals surface area contributed by atoms with Crippen LogP contribution in [0.2, 0.25) is 0 Å². The second kappa shape index (κ2) is 10.7. The van der Waals surface area contributed by atoms with Gasteiger partial charge in [-0.1, -0.05) is 26.8 Å². The van der Waals surface area contributed by atoms with Crippen LogP contribution in [0.5, 0.6) is 0 Å². The number of rotatable bonds is 8. The molecule has 2 aliphatic rings. The summed E-state index contributed by atoms with van der Waals surface area (Å²) in [4.78, 5) is 34.1. The van der Waals surface area contributed by atoms with Gasteiger partial charge < -0.3 is 30.7 Å². The lowest BCUT2D eigenvalue weighted by atomic mass is 9.76. The molecule has 42 heavy (non-hydrogen) atoms. The van der Waals surface area contributed by atoms with Gasteiger partial charge in [0.05, 0.1) is 11.0 Å². The molecule has 0 bridgehead atoms. The Hall–Kier alpha value is -3.32. The maximum absolute atomic E-state index is 12.7. The number of imidazole rings is 2. The van der Waals surface area contributed by atoms with Crippen molar-refractivity contribution in [1.82, 2.24) is 34.4 Å². The zero-order valence-corrected chi connectivity index (χ0v) is 24.9. The van der Waals surface area contributed by atoms with Gasteiger partial charge in [0.25, 0.3) is 0 Å². The minimum Gasteiger partial charge on any atom is -0.387 e. The smallest absolute Gasteiger partial charge is 0.330 e. The minimum absolute atomic E-state index is 0.0962. The number of nitrogens with one attached hydrogen (secondary N) is 2. The van der Waals surface area contributed by atoms with Gasteiger partial charge in [0.1, 0.15) is 36.0 Å². The number of aryl methyl sites for hydroxylation is 1. The zero-order chi connectivity index (χ0) is 29.9. The summed E-state index contributed by atoms with van der Waals surface area (Å²) < 4.78 is 7.35. The highest BCUT2D eigenvalue weighted by molar-refractivity contribution is 5.81. The van der Waals surface area contributed by atoms with Crippen LogP contribution >= 0.6 is 0 Å². The number of hydrogen-bond donors (Lipinski definition) is 5. The van der Waals surface area contributed by atoms with Crippen LogP contribution in [0.15, 0.2) is 29.3 Å². The molecule has 4 aromatic rings. The first kappa shape index (κ1) is 28.8. The zero-order valence-electron chi connectivity index (χ0n) is 24.9. The molecule has 0 spiro atoms. The average molecular weight is 579 g/mol. The van der Waals surface area contributed by atoms with E-state index in [9.17, 15) is 15.0 Å². The summed E-state index contributed by atoms with van der Waals surface area (Å²) in [5.74, 6) is 1.75. The van der Waals surface area contributed by atoms with E-state index in [-0.39, 0.29) is 28.4 Å². The number of benzene rings is 1. The van der Waals surface area contributed by atoms with Crippen molar-refractivity contribution in [2.75, 3.05) is 12.3 Å².